The SMILES string of the molecule is C(#CC1(c2ccccc2)c2ccccc2-c2c(-n3c4ccccc4c4cc(-c5ccccc5)ccc43)cccc21)c1ccccc1. The van der Waals surface area contributed by atoms with Crippen LogP contribution in [0.5, 0.6) is 0 Å². The van der Waals surface area contributed by atoms with Crippen LogP contribution in [0.1, 0.15) is 22.3 Å². The van der Waals surface area contributed by atoms with Gasteiger partial charge in [-0.25, -0.2) is 0 Å². The maximum absolute atomic E-state index is 3.85. The van der Waals surface area contributed by atoms with Crippen molar-refractivity contribution in [2.45, 2.75) is 5.41 Å². The lowest BCUT2D eigenvalue weighted by atomic mass is 9.73. The first-order valence-corrected chi connectivity index (χ1v) is 15.8. The first-order valence-electron chi connectivity index (χ1n) is 15.8. The van der Waals surface area contributed by atoms with Crippen molar-refractivity contribution in [1.82, 2.24) is 4.57 Å². The number of hydrogen-bond donors (Lipinski definition) is 0. The van der Waals surface area contributed by atoms with Crippen LogP contribution in [0.3, 0.4) is 0 Å². The van der Waals surface area contributed by atoms with E-state index in [2.05, 4.69) is 186 Å². The van der Waals surface area contributed by atoms with Crippen LogP contribution < -0.4 is 0 Å². The summed E-state index contributed by atoms with van der Waals surface area (Å²) in [6.45, 7) is 0. The molecule has 1 aliphatic rings. The van der Waals surface area contributed by atoms with E-state index in [1.165, 1.54) is 66.4 Å². The minimum absolute atomic E-state index is 0.627. The number of hydrogen-bond acceptors (Lipinski definition) is 0. The van der Waals surface area contributed by atoms with E-state index in [9.17, 15) is 0 Å². The van der Waals surface area contributed by atoms with Crippen molar-refractivity contribution in [3.05, 3.63) is 198 Å². The summed E-state index contributed by atoms with van der Waals surface area (Å²) in [5.41, 5.74) is 12.5. The zero-order valence-corrected chi connectivity index (χ0v) is 25.2. The number of benzene rings is 7. The number of aromatic nitrogens is 1. The average molecular weight is 584 g/mol. The average Bonchev–Trinajstić information content (AvgIpc) is 3.62. The van der Waals surface area contributed by atoms with Crippen LogP contribution in [0.15, 0.2) is 176 Å². The predicted molar refractivity (Wildman–Crippen MR) is 191 cm³/mol. The first kappa shape index (κ1) is 26.3. The van der Waals surface area contributed by atoms with E-state index in [0.717, 1.165) is 5.56 Å². The van der Waals surface area contributed by atoms with Crippen LogP contribution >= 0.6 is 0 Å². The lowest BCUT2D eigenvalue weighted by Gasteiger charge is -2.27. The standard InChI is InChI=1S/C45H29N/c1-4-15-32(16-5-1)29-30-45(35-19-8-3-9-20-35)39-23-12-10-22-37(39)44-40(45)24-14-26-43(44)46-41-25-13-11-21-36(41)38-31-34(27-28-42(38)46)33-17-6-2-7-18-33/h1-28,31H. The van der Waals surface area contributed by atoms with Crippen LogP contribution in [-0.4, -0.2) is 4.57 Å². The van der Waals surface area contributed by atoms with Gasteiger partial charge in [0.1, 0.15) is 5.41 Å². The van der Waals surface area contributed by atoms with Gasteiger partial charge in [0, 0.05) is 21.9 Å². The Balaban J connectivity index is 1.36. The van der Waals surface area contributed by atoms with E-state index in [4.69, 9.17) is 0 Å². The highest BCUT2D eigenvalue weighted by molar-refractivity contribution is 6.11. The molecule has 1 aliphatic carbocycles. The highest BCUT2D eigenvalue weighted by Crippen LogP contribution is 2.54. The van der Waals surface area contributed by atoms with Crippen LogP contribution in [-0.2, 0) is 5.41 Å². The van der Waals surface area contributed by atoms with Crippen molar-refractivity contribution < 1.29 is 0 Å². The second-order valence-electron chi connectivity index (χ2n) is 11.9. The summed E-state index contributed by atoms with van der Waals surface area (Å²) in [6, 6.07) is 63.1. The lowest BCUT2D eigenvalue weighted by Crippen LogP contribution is -2.25. The molecule has 0 saturated carbocycles. The van der Waals surface area contributed by atoms with Gasteiger partial charge in [0.25, 0.3) is 0 Å². The van der Waals surface area contributed by atoms with E-state index in [1.807, 2.05) is 6.07 Å². The highest BCUT2D eigenvalue weighted by atomic mass is 15.0. The van der Waals surface area contributed by atoms with Crippen LogP contribution in [0, 0.1) is 11.8 Å². The largest absolute Gasteiger partial charge is 0.309 e. The Labute approximate surface area is 269 Å². The Kier molecular flexibility index (Phi) is 6.01. The second-order valence-corrected chi connectivity index (χ2v) is 11.9. The smallest absolute Gasteiger partial charge is 0.108 e. The van der Waals surface area contributed by atoms with Crippen LogP contribution in [0.4, 0.5) is 0 Å². The molecule has 0 bridgehead atoms. The maximum Gasteiger partial charge on any atom is 0.108 e. The summed E-state index contributed by atoms with van der Waals surface area (Å²) in [5, 5.41) is 2.50. The van der Waals surface area contributed by atoms with E-state index in [1.54, 1.807) is 0 Å². The summed E-state index contributed by atoms with van der Waals surface area (Å²) >= 11 is 0. The molecule has 9 rings (SSSR count). The van der Waals surface area contributed by atoms with Crippen LogP contribution in [0.25, 0.3) is 49.7 Å². The molecule has 0 radical (unpaired) electrons. The minimum atomic E-state index is -0.627. The summed E-state index contributed by atoms with van der Waals surface area (Å²) < 4.78 is 2.46. The van der Waals surface area contributed by atoms with Gasteiger partial charge >= 0.3 is 0 Å². The minimum Gasteiger partial charge on any atom is -0.309 e. The highest BCUT2D eigenvalue weighted by Gasteiger charge is 2.44. The van der Waals surface area contributed by atoms with Gasteiger partial charge < -0.3 is 4.57 Å². The van der Waals surface area contributed by atoms with Gasteiger partial charge in [0.2, 0.25) is 0 Å². The van der Waals surface area contributed by atoms with Gasteiger partial charge in [-0.1, -0.05) is 151 Å². The Morgan fingerprint density at radius 3 is 1.93 bits per heavy atom. The fourth-order valence-corrected chi connectivity index (χ4v) is 7.43. The van der Waals surface area contributed by atoms with E-state index in [0.29, 0.717) is 0 Å². The zero-order valence-electron chi connectivity index (χ0n) is 25.2. The topological polar surface area (TPSA) is 4.93 Å². The third-order valence-electron chi connectivity index (χ3n) is 9.44. The molecule has 214 valence electrons. The third-order valence-corrected chi connectivity index (χ3v) is 9.44. The lowest BCUT2D eigenvalue weighted by molar-refractivity contribution is 0.836. The normalized spacial score (nSPS) is 14.9. The number of fused-ring (bicyclic) bond motifs is 6. The molecule has 0 fully saturated rings. The van der Waals surface area contributed by atoms with Gasteiger partial charge in [-0.15, -0.1) is 0 Å². The molecule has 1 atom stereocenters. The van der Waals surface area contributed by atoms with Crippen molar-refractivity contribution >= 4 is 21.8 Å². The maximum atomic E-state index is 3.85. The quantitative estimate of drug-likeness (QED) is 0.182. The molecule has 0 spiro atoms. The van der Waals surface area contributed by atoms with Gasteiger partial charge in [0.15, 0.2) is 0 Å². The molecule has 1 nitrogen and oxygen atoms in total. The molecule has 1 heteroatoms. The molecule has 46 heavy (non-hydrogen) atoms. The van der Waals surface area contributed by atoms with Crippen LogP contribution in [0.2, 0.25) is 0 Å². The summed E-state index contributed by atoms with van der Waals surface area (Å²) in [5.74, 6) is 7.44. The molecule has 0 aliphatic heterocycles. The Morgan fingerprint density at radius 1 is 0.457 bits per heavy atom. The zero-order chi connectivity index (χ0) is 30.5. The second kappa shape index (κ2) is 10.5. The molecular weight excluding hydrogens is 555 g/mol. The summed E-state index contributed by atoms with van der Waals surface area (Å²) in [6.07, 6.45) is 0. The van der Waals surface area contributed by atoms with E-state index < -0.39 is 5.41 Å². The summed E-state index contributed by atoms with van der Waals surface area (Å²) in [4.78, 5) is 0. The van der Waals surface area contributed by atoms with Gasteiger partial charge in [0.05, 0.1) is 16.7 Å². The van der Waals surface area contributed by atoms with Crippen molar-refractivity contribution in [2.24, 2.45) is 0 Å². The molecule has 1 aromatic heterocycles. The van der Waals surface area contributed by atoms with Crippen molar-refractivity contribution in [1.29, 1.82) is 0 Å². The predicted octanol–water partition coefficient (Wildman–Crippen LogP) is 10.8. The number of para-hydroxylation sites is 1. The summed E-state index contributed by atoms with van der Waals surface area (Å²) in [7, 11) is 0. The van der Waals surface area contributed by atoms with Gasteiger partial charge in [-0.05, 0) is 69.8 Å². The van der Waals surface area contributed by atoms with E-state index >= 15 is 0 Å². The molecule has 1 heterocycles. The Bertz CT molecular complexity index is 2460. The molecule has 0 saturated heterocycles. The van der Waals surface area contributed by atoms with Gasteiger partial charge in [-0.3, -0.25) is 0 Å². The van der Waals surface area contributed by atoms with Crippen molar-refractivity contribution in [2.75, 3.05) is 0 Å². The molecule has 8 aromatic rings. The third kappa shape index (κ3) is 3.91. The Morgan fingerprint density at radius 2 is 1.11 bits per heavy atom. The van der Waals surface area contributed by atoms with E-state index in [-0.39, 0.29) is 0 Å². The monoisotopic (exact) mass is 583 g/mol. The number of nitrogens with zero attached hydrogens (tertiary/aromatic N) is 1. The fraction of sp³-hybridized carbons (Fsp3) is 0.0222. The van der Waals surface area contributed by atoms with Gasteiger partial charge in [-0.2, -0.15) is 0 Å². The fourth-order valence-electron chi connectivity index (χ4n) is 7.43. The molecule has 0 N–H and O–H groups in total. The van der Waals surface area contributed by atoms with Crippen molar-refractivity contribution in [3.8, 4) is 39.8 Å². The first-order chi connectivity index (χ1) is 22.8. The molecule has 7 aromatic carbocycles. The molecular formula is C45H29N. The molecule has 1 unspecified atom stereocenters. The Hall–Kier alpha value is -6.10. The van der Waals surface area contributed by atoms with Crippen molar-refractivity contribution in [3.63, 3.8) is 0 Å². The molecule has 0 amide bonds. The number of rotatable bonds is 3.